The quantitative estimate of drug-likeness (QED) is 0.739. The Kier molecular flexibility index (Phi) is 7.33. The molecule has 2 aromatic rings. The molecule has 158 valence electrons. The van der Waals surface area contributed by atoms with Crippen LogP contribution in [0.15, 0.2) is 42.7 Å². The fraction of sp³-hybridized carbons (Fsp3) is 0.609. The molecule has 0 aliphatic carbocycles. The molecule has 0 unspecified atom stereocenters. The maximum atomic E-state index is 9.38. The monoisotopic (exact) mass is 398 g/mol. The molecule has 2 fully saturated rings. The van der Waals surface area contributed by atoms with E-state index >= 15 is 0 Å². The third-order valence-corrected chi connectivity index (χ3v) is 6.33. The lowest BCUT2D eigenvalue weighted by molar-refractivity contribution is -0.0231. The Bertz CT molecular complexity index is 730. The minimum atomic E-state index is 0.293. The van der Waals surface area contributed by atoms with E-state index in [4.69, 9.17) is 4.74 Å². The molecule has 29 heavy (non-hydrogen) atoms. The molecular weight excluding hydrogens is 364 g/mol. The Hall–Kier alpha value is -1.73. The molecule has 2 aliphatic rings. The first kappa shape index (κ1) is 20.5. The van der Waals surface area contributed by atoms with Gasteiger partial charge in [-0.1, -0.05) is 24.3 Å². The van der Waals surface area contributed by atoms with Gasteiger partial charge in [0.25, 0.3) is 0 Å². The molecule has 6 heteroatoms. The van der Waals surface area contributed by atoms with E-state index < -0.39 is 0 Å². The van der Waals surface area contributed by atoms with Crippen LogP contribution in [0, 0.1) is 5.92 Å². The van der Waals surface area contributed by atoms with Gasteiger partial charge >= 0.3 is 0 Å². The highest BCUT2D eigenvalue weighted by Crippen LogP contribution is 2.28. The average Bonchev–Trinajstić information content (AvgIpc) is 3.26. The van der Waals surface area contributed by atoms with Gasteiger partial charge in [-0.3, -0.25) is 14.5 Å². The summed E-state index contributed by atoms with van der Waals surface area (Å²) >= 11 is 0. The largest absolute Gasteiger partial charge is 0.396 e. The topological polar surface area (TPSA) is 53.8 Å². The maximum Gasteiger partial charge on any atom is 0.0659 e. The van der Waals surface area contributed by atoms with E-state index in [-0.39, 0.29) is 0 Å². The van der Waals surface area contributed by atoms with Crippen LogP contribution in [0.5, 0.6) is 0 Å². The molecule has 2 atom stereocenters. The number of ether oxygens (including phenoxy) is 1. The van der Waals surface area contributed by atoms with E-state index in [1.807, 2.05) is 23.1 Å². The molecule has 0 spiro atoms. The molecule has 0 radical (unpaired) electrons. The SMILES string of the molecule is OCCC[C@@H]1CN(Cc2cccc(Cn3cccn3)c2)CC[C@@H]1N1CCOCC1. The van der Waals surface area contributed by atoms with E-state index in [0.717, 1.165) is 65.3 Å². The minimum Gasteiger partial charge on any atom is -0.396 e. The highest BCUT2D eigenvalue weighted by molar-refractivity contribution is 5.23. The van der Waals surface area contributed by atoms with Crippen molar-refractivity contribution < 1.29 is 9.84 Å². The molecule has 6 nitrogen and oxygen atoms in total. The molecule has 0 bridgehead atoms. The van der Waals surface area contributed by atoms with Gasteiger partial charge in [-0.2, -0.15) is 5.10 Å². The Morgan fingerprint density at radius 1 is 1.07 bits per heavy atom. The lowest BCUT2D eigenvalue weighted by Gasteiger charge is -2.45. The number of benzene rings is 1. The number of hydrogen-bond donors (Lipinski definition) is 1. The summed E-state index contributed by atoms with van der Waals surface area (Å²) in [5.41, 5.74) is 2.67. The average molecular weight is 399 g/mol. The van der Waals surface area contributed by atoms with Gasteiger partial charge in [-0.25, -0.2) is 0 Å². The zero-order valence-corrected chi connectivity index (χ0v) is 17.3. The number of piperidine rings is 1. The second kappa shape index (κ2) is 10.3. The Balaban J connectivity index is 1.37. The van der Waals surface area contributed by atoms with E-state index in [9.17, 15) is 5.11 Å². The molecule has 0 saturated carbocycles. The van der Waals surface area contributed by atoms with Crippen LogP contribution in [-0.2, 0) is 17.8 Å². The summed E-state index contributed by atoms with van der Waals surface area (Å²) in [6.07, 6.45) is 7.06. The molecule has 1 aromatic heterocycles. The van der Waals surface area contributed by atoms with Gasteiger partial charge in [0.2, 0.25) is 0 Å². The number of aliphatic hydroxyl groups is 1. The third-order valence-electron chi connectivity index (χ3n) is 6.33. The number of aromatic nitrogens is 2. The fourth-order valence-electron chi connectivity index (χ4n) is 4.93. The van der Waals surface area contributed by atoms with Crippen molar-refractivity contribution in [3.05, 3.63) is 53.9 Å². The van der Waals surface area contributed by atoms with Crippen molar-refractivity contribution in [2.45, 2.75) is 38.4 Å². The summed E-state index contributed by atoms with van der Waals surface area (Å²) in [5, 5.41) is 13.7. The number of likely N-dealkylation sites (tertiary alicyclic amines) is 1. The second-order valence-electron chi connectivity index (χ2n) is 8.39. The molecule has 1 N–H and O–H groups in total. The van der Waals surface area contributed by atoms with Gasteiger partial charge in [0.05, 0.1) is 19.8 Å². The van der Waals surface area contributed by atoms with Crippen LogP contribution in [0.1, 0.15) is 30.4 Å². The molecule has 2 aliphatic heterocycles. The number of aliphatic hydroxyl groups excluding tert-OH is 1. The van der Waals surface area contributed by atoms with Gasteiger partial charge in [0.15, 0.2) is 0 Å². The molecule has 2 saturated heterocycles. The van der Waals surface area contributed by atoms with Crippen molar-refractivity contribution in [2.75, 3.05) is 46.0 Å². The third kappa shape index (κ3) is 5.66. The first-order chi connectivity index (χ1) is 14.3. The Morgan fingerprint density at radius 3 is 2.66 bits per heavy atom. The van der Waals surface area contributed by atoms with Crippen molar-refractivity contribution in [3.63, 3.8) is 0 Å². The molecule has 0 amide bonds. The normalized spacial score (nSPS) is 24.0. The molecule has 1 aromatic carbocycles. The van der Waals surface area contributed by atoms with E-state index in [1.165, 1.54) is 17.5 Å². The minimum absolute atomic E-state index is 0.293. The first-order valence-corrected chi connectivity index (χ1v) is 11.0. The predicted molar refractivity (Wildman–Crippen MR) is 114 cm³/mol. The number of rotatable bonds is 8. The summed E-state index contributed by atoms with van der Waals surface area (Å²) in [6.45, 7) is 8.18. The standard InChI is InChI=1S/C23H34N4O2/c28-13-2-6-22-19-25(10-7-23(22)26-11-14-29-15-12-26)17-20-4-1-5-21(16-20)18-27-9-3-8-24-27/h1,3-5,8-9,16,22-23,28H,2,6-7,10-15,17-19H2/t22-,23+/m1/s1. The number of morpholine rings is 1. The van der Waals surface area contributed by atoms with Crippen LogP contribution in [0.2, 0.25) is 0 Å². The summed E-state index contributed by atoms with van der Waals surface area (Å²) in [5.74, 6) is 0.626. The predicted octanol–water partition coefficient (Wildman–Crippen LogP) is 2.23. The van der Waals surface area contributed by atoms with Crippen molar-refractivity contribution in [3.8, 4) is 0 Å². The Labute approximate surface area is 174 Å². The summed E-state index contributed by atoms with van der Waals surface area (Å²) < 4.78 is 7.53. The van der Waals surface area contributed by atoms with Crippen molar-refractivity contribution in [2.24, 2.45) is 5.92 Å². The van der Waals surface area contributed by atoms with Crippen molar-refractivity contribution in [1.82, 2.24) is 19.6 Å². The van der Waals surface area contributed by atoms with E-state index in [1.54, 1.807) is 0 Å². The van der Waals surface area contributed by atoms with Crippen LogP contribution in [-0.4, -0.2) is 76.7 Å². The van der Waals surface area contributed by atoms with E-state index in [0.29, 0.717) is 18.6 Å². The van der Waals surface area contributed by atoms with Gasteiger partial charge < -0.3 is 9.84 Å². The molecular formula is C23H34N4O2. The summed E-state index contributed by atoms with van der Waals surface area (Å²) in [4.78, 5) is 5.24. The maximum absolute atomic E-state index is 9.38. The van der Waals surface area contributed by atoms with Gasteiger partial charge in [-0.05, 0) is 48.9 Å². The highest BCUT2D eigenvalue weighted by atomic mass is 16.5. The molecule has 4 rings (SSSR count). The van der Waals surface area contributed by atoms with Gasteiger partial charge in [0.1, 0.15) is 0 Å². The van der Waals surface area contributed by atoms with Crippen molar-refractivity contribution >= 4 is 0 Å². The van der Waals surface area contributed by atoms with Crippen LogP contribution in [0.3, 0.4) is 0 Å². The highest BCUT2D eigenvalue weighted by Gasteiger charge is 2.33. The first-order valence-electron chi connectivity index (χ1n) is 11.0. The van der Waals surface area contributed by atoms with Crippen LogP contribution < -0.4 is 0 Å². The van der Waals surface area contributed by atoms with E-state index in [2.05, 4.69) is 39.2 Å². The van der Waals surface area contributed by atoms with Gasteiger partial charge in [0, 0.05) is 51.2 Å². The zero-order chi connectivity index (χ0) is 19.9. The van der Waals surface area contributed by atoms with Crippen LogP contribution in [0.4, 0.5) is 0 Å². The lowest BCUT2D eigenvalue weighted by Crippen LogP contribution is -2.53. The Morgan fingerprint density at radius 2 is 1.90 bits per heavy atom. The number of hydrogen-bond acceptors (Lipinski definition) is 5. The lowest BCUT2D eigenvalue weighted by atomic mass is 9.86. The summed E-state index contributed by atoms with van der Waals surface area (Å²) in [7, 11) is 0. The molecule has 3 heterocycles. The van der Waals surface area contributed by atoms with Crippen LogP contribution >= 0.6 is 0 Å². The fourth-order valence-corrected chi connectivity index (χ4v) is 4.93. The van der Waals surface area contributed by atoms with Crippen molar-refractivity contribution in [1.29, 1.82) is 0 Å². The summed E-state index contributed by atoms with van der Waals surface area (Å²) in [6, 6.07) is 11.5. The smallest absolute Gasteiger partial charge is 0.0659 e. The number of nitrogens with zero attached hydrogens (tertiary/aromatic N) is 4. The zero-order valence-electron chi connectivity index (χ0n) is 17.3. The van der Waals surface area contributed by atoms with Gasteiger partial charge in [-0.15, -0.1) is 0 Å². The van der Waals surface area contributed by atoms with Crippen LogP contribution in [0.25, 0.3) is 0 Å². The second-order valence-corrected chi connectivity index (χ2v) is 8.39.